The highest BCUT2D eigenvalue weighted by atomic mass is 32.2. The first kappa shape index (κ1) is 20.9. The van der Waals surface area contributed by atoms with Crippen LogP contribution >= 0.6 is 11.8 Å². The predicted molar refractivity (Wildman–Crippen MR) is 114 cm³/mol. The lowest BCUT2D eigenvalue weighted by molar-refractivity contribution is -0.115. The molecular formula is C21H19FN2O3S2. The van der Waals surface area contributed by atoms with Crippen LogP contribution in [0.3, 0.4) is 0 Å². The number of rotatable bonds is 8. The SMILES string of the molecule is O=C(CCSc1ccccc1)Nc1ccc(S(=O)(=O)Nc2ccc(F)cc2)cc1. The third kappa shape index (κ3) is 6.33. The van der Waals surface area contributed by atoms with E-state index in [9.17, 15) is 17.6 Å². The number of carbonyl (C=O) groups is 1. The van der Waals surface area contributed by atoms with Gasteiger partial charge in [-0.15, -0.1) is 11.8 Å². The summed E-state index contributed by atoms with van der Waals surface area (Å²) in [6.45, 7) is 0. The largest absolute Gasteiger partial charge is 0.326 e. The zero-order valence-electron chi connectivity index (χ0n) is 15.3. The van der Waals surface area contributed by atoms with Gasteiger partial charge < -0.3 is 5.32 Å². The Hall–Kier alpha value is -2.84. The maximum Gasteiger partial charge on any atom is 0.261 e. The molecule has 0 radical (unpaired) electrons. The molecule has 3 rings (SSSR count). The van der Waals surface area contributed by atoms with E-state index in [1.807, 2.05) is 30.3 Å². The molecule has 5 nitrogen and oxygen atoms in total. The Labute approximate surface area is 173 Å². The van der Waals surface area contributed by atoms with Crippen molar-refractivity contribution in [3.8, 4) is 0 Å². The Morgan fingerprint density at radius 2 is 1.48 bits per heavy atom. The van der Waals surface area contributed by atoms with Crippen LogP contribution < -0.4 is 10.0 Å². The highest BCUT2D eigenvalue weighted by Crippen LogP contribution is 2.20. The van der Waals surface area contributed by atoms with E-state index in [2.05, 4.69) is 10.0 Å². The number of hydrogen-bond donors (Lipinski definition) is 2. The van der Waals surface area contributed by atoms with E-state index in [4.69, 9.17) is 0 Å². The molecule has 1 amide bonds. The van der Waals surface area contributed by atoms with Gasteiger partial charge in [0, 0.05) is 28.4 Å². The molecule has 0 aliphatic rings. The fourth-order valence-electron chi connectivity index (χ4n) is 2.45. The maximum absolute atomic E-state index is 12.9. The Kier molecular flexibility index (Phi) is 6.90. The van der Waals surface area contributed by atoms with E-state index >= 15 is 0 Å². The molecule has 0 fully saturated rings. The molecule has 29 heavy (non-hydrogen) atoms. The highest BCUT2D eigenvalue weighted by Gasteiger charge is 2.14. The van der Waals surface area contributed by atoms with Crippen molar-refractivity contribution in [3.05, 3.63) is 84.7 Å². The normalized spacial score (nSPS) is 11.1. The van der Waals surface area contributed by atoms with Gasteiger partial charge in [-0.05, 0) is 60.7 Å². The van der Waals surface area contributed by atoms with Crippen LogP contribution in [0.5, 0.6) is 0 Å². The molecule has 0 aromatic heterocycles. The van der Waals surface area contributed by atoms with Crippen molar-refractivity contribution in [1.29, 1.82) is 0 Å². The number of sulfonamides is 1. The molecule has 3 aromatic carbocycles. The number of benzene rings is 3. The van der Waals surface area contributed by atoms with Crippen LogP contribution in [0.15, 0.2) is 88.7 Å². The van der Waals surface area contributed by atoms with Crippen molar-refractivity contribution in [1.82, 2.24) is 0 Å². The van der Waals surface area contributed by atoms with Gasteiger partial charge in [0.1, 0.15) is 5.82 Å². The fourth-order valence-corrected chi connectivity index (χ4v) is 4.38. The van der Waals surface area contributed by atoms with Crippen LogP contribution in [-0.4, -0.2) is 20.1 Å². The average Bonchev–Trinajstić information content (AvgIpc) is 2.71. The Bertz CT molecular complexity index is 1060. The van der Waals surface area contributed by atoms with E-state index in [1.165, 1.54) is 48.5 Å². The monoisotopic (exact) mass is 430 g/mol. The van der Waals surface area contributed by atoms with Crippen LogP contribution in [0.2, 0.25) is 0 Å². The molecule has 0 heterocycles. The van der Waals surface area contributed by atoms with Crippen molar-refractivity contribution in [3.63, 3.8) is 0 Å². The van der Waals surface area contributed by atoms with Gasteiger partial charge in [-0.3, -0.25) is 9.52 Å². The summed E-state index contributed by atoms with van der Waals surface area (Å²) in [6, 6.07) is 20.7. The molecular weight excluding hydrogens is 411 g/mol. The number of hydrogen-bond acceptors (Lipinski definition) is 4. The fraction of sp³-hybridized carbons (Fsp3) is 0.0952. The van der Waals surface area contributed by atoms with Gasteiger partial charge in [0.25, 0.3) is 10.0 Å². The topological polar surface area (TPSA) is 75.3 Å². The summed E-state index contributed by atoms with van der Waals surface area (Å²) in [5.74, 6) is 0.0489. The van der Waals surface area contributed by atoms with E-state index in [1.54, 1.807) is 11.8 Å². The summed E-state index contributed by atoms with van der Waals surface area (Å²) in [6.07, 6.45) is 0.339. The zero-order chi connectivity index (χ0) is 20.7. The number of nitrogens with one attached hydrogen (secondary N) is 2. The average molecular weight is 431 g/mol. The molecule has 8 heteroatoms. The molecule has 150 valence electrons. The molecule has 0 saturated heterocycles. The summed E-state index contributed by atoms with van der Waals surface area (Å²) < 4.78 is 40.1. The quantitative estimate of drug-likeness (QED) is 0.506. The predicted octanol–water partition coefficient (Wildman–Crippen LogP) is 4.75. The minimum Gasteiger partial charge on any atom is -0.326 e. The summed E-state index contributed by atoms with van der Waals surface area (Å²) in [7, 11) is -3.80. The number of carbonyl (C=O) groups excluding carboxylic acids is 1. The Balaban J connectivity index is 1.53. The molecule has 3 aromatic rings. The molecule has 0 unspecified atom stereocenters. The van der Waals surface area contributed by atoms with Gasteiger partial charge >= 0.3 is 0 Å². The lowest BCUT2D eigenvalue weighted by atomic mass is 10.3. The van der Waals surface area contributed by atoms with Crippen LogP contribution in [-0.2, 0) is 14.8 Å². The number of thioether (sulfide) groups is 1. The van der Waals surface area contributed by atoms with Gasteiger partial charge in [0.15, 0.2) is 0 Å². The zero-order valence-corrected chi connectivity index (χ0v) is 17.0. The highest BCUT2D eigenvalue weighted by molar-refractivity contribution is 7.99. The lowest BCUT2D eigenvalue weighted by Crippen LogP contribution is -2.14. The van der Waals surface area contributed by atoms with Gasteiger partial charge in [0.05, 0.1) is 4.90 Å². The summed E-state index contributed by atoms with van der Waals surface area (Å²) in [5, 5.41) is 2.75. The smallest absolute Gasteiger partial charge is 0.261 e. The second-order valence-corrected chi connectivity index (χ2v) is 8.95. The summed E-state index contributed by atoms with van der Waals surface area (Å²) in [4.78, 5) is 13.2. The first-order chi connectivity index (χ1) is 13.9. The second kappa shape index (κ2) is 9.58. The lowest BCUT2D eigenvalue weighted by Gasteiger charge is -2.09. The van der Waals surface area contributed by atoms with Crippen molar-refractivity contribution >= 4 is 39.1 Å². The Morgan fingerprint density at radius 3 is 2.14 bits per heavy atom. The number of anilines is 2. The standard InChI is InChI=1S/C21H19FN2O3S2/c22-16-6-8-18(9-7-16)24-29(26,27)20-12-10-17(11-13-20)23-21(25)14-15-28-19-4-2-1-3-5-19/h1-13,24H,14-15H2,(H,23,25). The van der Waals surface area contributed by atoms with Crippen molar-refractivity contribution < 1.29 is 17.6 Å². The first-order valence-electron chi connectivity index (χ1n) is 8.78. The van der Waals surface area contributed by atoms with Crippen LogP contribution in [0, 0.1) is 5.82 Å². The minimum atomic E-state index is -3.80. The second-order valence-electron chi connectivity index (χ2n) is 6.10. The van der Waals surface area contributed by atoms with E-state index < -0.39 is 15.8 Å². The van der Waals surface area contributed by atoms with Crippen molar-refractivity contribution in [2.75, 3.05) is 15.8 Å². The van der Waals surface area contributed by atoms with Gasteiger partial charge in [-0.2, -0.15) is 0 Å². The van der Waals surface area contributed by atoms with E-state index in [0.717, 1.165) is 4.90 Å². The molecule has 2 N–H and O–H groups in total. The van der Waals surface area contributed by atoms with E-state index in [-0.39, 0.29) is 16.5 Å². The van der Waals surface area contributed by atoms with Crippen LogP contribution in [0.1, 0.15) is 6.42 Å². The molecule has 0 aliphatic heterocycles. The van der Waals surface area contributed by atoms with Gasteiger partial charge in [-0.25, -0.2) is 12.8 Å². The van der Waals surface area contributed by atoms with Gasteiger partial charge in [0.2, 0.25) is 5.91 Å². The Morgan fingerprint density at radius 1 is 0.862 bits per heavy atom. The molecule has 0 saturated carbocycles. The maximum atomic E-state index is 12.9. The number of amides is 1. The van der Waals surface area contributed by atoms with Crippen LogP contribution in [0.4, 0.5) is 15.8 Å². The van der Waals surface area contributed by atoms with Crippen molar-refractivity contribution in [2.24, 2.45) is 0 Å². The van der Waals surface area contributed by atoms with Crippen molar-refractivity contribution in [2.45, 2.75) is 16.2 Å². The minimum absolute atomic E-state index is 0.0412. The third-order valence-corrected chi connectivity index (χ3v) is 6.30. The molecule has 0 aliphatic carbocycles. The first-order valence-corrected chi connectivity index (χ1v) is 11.3. The van der Waals surface area contributed by atoms with Crippen LogP contribution in [0.25, 0.3) is 0 Å². The van der Waals surface area contributed by atoms with E-state index in [0.29, 0.717) is 17.9 Å². The molecule has 0 atom stereocenters. The molecule has 0 bridgehead atoms. The summed E-state index contributed by atoms with van der Waals surface area (Å²) in [5.41, 5.74) is 0.778. The molecule has 0 spiro atoms. The van der Waals surface area contributed by atoms with Gasteiger partial charge in [-0.1, -0.05) is 18.2 Å². The number of halogens is 1. The third-order valence-electron chi connectivity index (χ3n) is 3.89. The summed E-state index contributed by atoms with van der Waals surface area (Å²) >= 11 is 1.59.